The van der Waals surface area contributed by atoms with Crippen molar-refractivity contribution in [3.05, 3.63) is 23.3 Å². The molecule has 0 unspecified atom stereocenters. The average Bonchev–Trinajstić information content (AvgIpc) is 2.37. The molecule has 2 rings (SSSR count). The summed E-state index contributed by atoms with van der Waals surface area (Å²) >= 11 is 5.52. The van der Waals surface area contributed by atoms with Crippen molar-refractivity contribution in [3.63, 3.8) is 0 Å². The first-order valence-electron chi connectivity index (χ1n) is 5.98. The van der Waals surface area contributed by atoms with Crippen molar-refractivity contribution in [2.75, 3.05) is 20.7 Å². The smallest absolute Gasteiger partial charge is 0.137 e. The fourth-order valence-corrected chi connectivity index (χ4v) is 2.58. The molecule has 1 aliphatic heterocycles. The van der Waals surface area contributed by atoms with Gasteiger partial charge in [0, 0.05) is 12.6 Å². The van der Waals surface area contributed by atoms with Crippen LogP contribution >= 0.6 is 12.2 Å². The molecule has 0 radical (unpaired) electrons. The standard InChI is InChI=1S/C14H19NO2S/c1-9-11(16-5)7-6-10-12(9)17-14(2,3)8-15(4)13(10)18/h6-7H,8H2,1-5H3. The second-order valence-electron chi connectivity index (χ2n) is 5.29. The molecule has 0 saturated heterocycles. The minimum absolute atomic E-state index is 0.277. The van der Waals surface area contributed by atoms with Crippen LogP contribution in [0.2, 0.25) is 0 Å². The number of nitrogens with zero attached hydrogens (tertiary/aromatic N) is 1. The van der Waals surface area contributed by atoms with Crippen LogP contribution in [0.1, 0.15) is 25.0 Å². The zero-order valence-corrected chi connectivity index (χ0v) is 12.4. The number of methoxy groups -OCH3 is 1. The quantitative estimate of drug-likeness (QED) is 0.728. The van der Waals surface area contributed by atoms with Crippen molar-refractivity contribution in [2.45, 2.75) is 26.4 Å². The summed E-state index contributed by atoms with van der Waals surface area (Å²) < 4.78 is 11.5. The number of likely N-dealkylation sites (N-methyl/N-ethyl adjacent to an activating group) is 1. The summed E-state index contributed by atoms with van der Waals surface area (Å²) in [6.45, 7) is 6.91. The summed E-state index contributed by atoms with van der Waals surface area (Å²) in [6, 6.07) is 3.91. The lowest BCUT2D eigenvalue weighted by Crippen LogP contribution is -2.40. The molecular formula is C14H19NO2S. The van der Waals surface area contributed by atoms with E-state index < -0.39 is 0 Å². The highest BCUT2D eigenvalue weighted by molar-refractivity contribution is 7.80. The van der Waals surface area contributed by atoms with Gasteiger partial charge in [-0.3, -0.25) is 0 Å². The molecule has 18 heavy (non-hydrogen) atoms. The SMILES string of the molecule is COc1ccc2c(c1C)OC(C)(C)CN(C)C2=S. The van der Waals surface area contributed by atoms with Crippen LogP contribution in [0.25, 0.3) is 0 Å². The van der Waals surface area contributed by atoms with Crippen molar-refractivity contribution in [3.8, 4) is 11.5 Å². The van der Waals surface area contributed by atoms with Gasteiger partial charge in [-0.25, -0.2) is 0 Å². The Kier molecular flexibility index (Phi) is 3.23. The number of ether oxygens (including phenoxy) is 2. The van der Waals surface area contributed by atoms with Gasteiger partial charge in [0.25, 0.3) is 0 Å². The van der Waals surface area contributed by atoms with Gasteiger partial charge in [-0.2, -0.15) is 0 Å². The number of benzene rings is 1. The summed E-state index contributed by atoms with van der Waals surface area (Å²) in [5.74, 6) is 1.67. The first-order valence-corrected chi connectivity index (χ1v) is 6.38. The Morgan fingerprint density at radius 2 is 2.06 bits per heavy atom. The zero-order valence-electron chi connectivity index (χ0n) is 11.5. The molecule has 4 heteroatoms. The van der Waals surface area contributed by atoms with Crippen LogP contribution < -0.4 is 9.47 Å². The second kappa shape index (κ2) is 4.43. The molecule has 0 bridgehead atoms. The lowest BCUT2D eigenvalue weighted by atomic mass is 10.1. The highest BCUT2D eigenvalue weighted by Crippen LogP contribution is 2.36. The lowest BCUT2D eigenvalue weighted by Gasteiger charge is -2.28. The van der Waals surface area contributed by atoms with E-state index in [-0.39, 0.29) is 5.60 Å². The molecule has 1 aromatic rings. The van der Waals surface area contributed by atoms with Gasteiger partial charge in [-0.05, 0) is 32.9 Å². The molecule has 0 atom stereocenters. The molecule has 0 spiro atoms. The molecule has 0 amide bonds. The van der Waals surface area contributed by atoms with Gasteiger partial charge in [-0.15, -0.1) is 0 Å². The van der Waals surface area contributed by atoms with Crippen molar-refractivity contribution in [1.82, 2.24) is 4.90 Å². The summed E-state index contributed by atoms with van der Waals surface area (Å²) in [5, 5.41) is 0. The Bertz CT molecular complexity index is 497. The van der Waals surface area contributed by atoms with Crippen LogP contribution in [-0.2, 0) is 0 Å². The van der Waals surface area contributed by atoms with Crippen molar-refractivity contribution in [2.24, 2.45) is 0 Å². The van der Waals surface area contributed by atoms with Gasteiger partial charge in [0.05, 0.1) is 19.2 Å². The number of rotatable bonds is 1. The summed E-state index contributed by atoms with van der Waals surface area (Å²) in [5.41, 5.74) is 1.69. The third kappa shape index (κ3) is 2.17. The predicted molar refractivity (Wildman–Crippen MR) is 76.8 cm³/mol. The van der Waals surface area contributed by atoms with Crippen LogP contribution in [-0.4, -0.2) is 36.2 Å². The summed E-state index contributed by atoms with van der Waals surface area (Å²) in [6.07, 6.45) is 0. The first-order chi connectivity index (χ1) is 8.35. The first kappa shape index (κ1) is 13.1. The number of hydrogen-bond acceptors (Lipinski definition) is 3. The molecule has 0 fully saturated rings. The van der Waals surface area contributed by atoms with E-state index in [4.69, 9.17) is 21.7 Å². The van der Waals surface area contributed by atoms with Crippen LogP contribution in [0.5, 0.6) is 11.5 Å². The lowest BCUT2D eigenvalue weighted by molar-refractivity contribution is 0.0931. The molecule has 1 aliphatic rings. The molecule has 0 aliphatic carbocycles. The third-order valence-corrected chi connectivity index (χ3v) is 3.68. The monoisotopic (exact) mass is 265 g/mol. The summed E-state index contributed by atoms with van der Waals surface area (Å²) in [4.78, 5) is 2.88. The average molecular weight is 265 g/mol. The van der Waals surface area contributed by atoms with Gasteiger partial charge in [-0.1, -0.05) is 12.2 Å². The Labute approximate surface area is 114 Å². The maximum absolute atomic E-state index is 6.15. The van der Waals surface area contributed by atoms with Gasteiger partial charge in [0.15, 0.2) is 0 Å². The Hall–Kier alpha value is -1.29. The van der Waals surface area contributed by atoms with E-state index in [2.05, 4.69) is 18.7 Å². The van der Waals surface area contributed by atoms with Crippen molar-refractivity contribution < 1.29 is 9.47 Å². The Morgan fingerprint density at radius 3 is 2.67 bits per heavy atom. The molecule has 0 aromatic heterocycles. The fourth-order valence-electron chi connectivity index (χ4n) is 2.35. The Morgan fingerprint density at radius 1 is 1.39 bits per heavy atom. The summed E-state index contributed by atoms with van der Waals surface area (Å²) in [7, 11) is 3.67. The predicted octanol–water partition coefficient (Wildman–Crippen LogP) is 2.78. The van der Waals surface area contributed by atoms with Crippen LogP contribution in [0.4, 0.5) is 0 Å². The molecule has 1 heterocycles. The minimum Gasteiger partial charge on any atom is -0.496 e. The molecule has 0 saturated carbocycles. The van der Waals surface area contributed by atoms with Crippen LogP contribution in [0, 0.1) is 6.92 Å². The fraction of sp³-hybridized carbons (Fsp3) is 0.500. The van der Waals surface area contributed by atoms with E-state index in [9.17, 15) is 0 Å². The van der Waals surface area contributed by atoms with Gasteiger partial charge >= 0.3 is 0 Å². The molecule has 0 N–H and O–H groups in total. The number of hydrogen-bond donors (Lipinski definition) is 0. The minimum atomic E-state index is -0.277. The van der Waals surface area contributed by atoms with E-state index in [0.29, 0.717) is 0 Å². The highest BCUT2D eigenvalue weighted by Gasteiger charge is 2.31. The second-order valence-corrected chi connectivity index (χ2v) is 5.68. The van der Waals surface area contributed by atoms with E-state index >= 15 is 0 Å². The zero-order chi connectivity index (χ0) is 13.5. The maximum atomic E-state index is 6.15. The van der Waals surface area contributed by atoms with Gasteiger partial charge < -0.3 is 14.4 Å². The van der Waals surface area contributed by atoms with E-state index in [1.54, 1.807) is 7.11 Å². The van der Waals surface area contributed by atoms with Crippen molar-refractivity contribution >= 4 is 17.2 Å². The topological polar surface area (TPSA) is 21.7 Å². The normalized spacial score (nSPS) is 17.8. The molecule has 98 valence electrons. The third-order valence-electron chi connectivity index (χ3n) is 3.15. The van der Waals surface area contributed by atoms with E-state index in [1.165, 1.54) is 0 Å². The van der Waals surface area contributed by atoms with Gasteiger partial charge in [0.1, 0.15) is 22.1 Å². The van der Waals surface area contributed by atoms with Gasteiger partial charge in [0.2, 0.25) is 0 Å². The highest BCUT2D eigenvalue weighted by atomic mass is 32.1. The number of fused-ring (bicyclic) bond motifs is 1. The molecular weight excluding hydrogens is 246 g/mol. The molecule has 1 aromatic carbocycles. The van der Waals surface area contributed by atoms with Crippen molar-refractivity contribution in [1.29, 1.82) is 0 Å². The van der Waals surface area contributed by atoms with Crippen LogP contribution in [0.3, 0.4) is 0 Å². The van der Waals surface area contributed by atoms with Crippen LogP contribution in [0.15, 0.2) is 12.1 Å². The van der Waals surface area contributed by atoms with E-state index in [1.807, 2.05) is 26.1 Å². The largest absolute Gasteiger partial charge is 0.496 e. The Balaban J connectivity index is 2.62. The molecule has 3 nitrogen and oxygen atoms in total. The maximum Gasteiger partial charge on any atom is 0.137 e. The number of thiocarbonyl (C=S) groups is 1. The van der Waals surface area contributed by atoms with E-state index in [0.717, 1.165) is 34.2 Å².